The largest absolute Gasteiger partial charge is 0.394 e. The first-order valence-corrected chi connectivity index (χ1v) is 7.37. The summed E-state index contributed by atoms with van der Waals surface area (Å²) in [7, 11) is 0. The minimum atomic E-state index is -0.564. The van der Waals surface area contributed by atoms with Crippen LogP contribution >= 0.6 is 11.6 Å². The molecule has 0 heterocycles. The van der Waals surface area contributed by atoms with E-state index < -0.39 is 6.10 Å². The van der Waals surface area contributed by atoms with Crippen LogP contribution in [0.2, 0.25) is 5.02 Å². The molecule has 20 heavy (non-hydrogen) atoms. The van der Waals surface area contributed by atoms with E-state index in [0.717, 1.165) is 24.8 Å². The van der Waals surface area contributed by atoms with Crippen molar-refractivity contribution in [2.45, 2.75) is 37.5 Å². The molecule has 3 N–H and O–H groups in total. The van der Waals surface area contributed by atoms with Crippen LogP contribution in [-0.4, -0.2) is 41.6 Å². The summed E-state index contributed by atoms with van der Waals surface area (Å²) in [5.74, 6) is 0. The molecule has 1 atom stereocenters. The lowest BCUT2D eigenvalue weighted by atomic mass is 9.77. The van der Waals surface area contributed by atoms with Crippen molar-refractivity contribution in [1.82, 2.24) is 5.32 Å². The highest BCUT2D eigenvalue weighted by Gasteiger charge is 2.35. The van der Waals surface area contributed by atoms with Crippen molar-refractivity contribution in [3.63, 3.8) is 0 Å². The maximum atomic E-state index is 9.86. The Labute approximate surface area is 124 Å². The number of rotatable bonds is 8. The van der Waals surface area contributed by atoms with Gasteiger partial charge < -0.3 is 20.3 Å². The zero-order chi connectivity index (χ0) is 14.4. The molecule has 1 fully saturated rings. The van der Waals surface area contributed by atoms with Crippen molar-refractivity contribution in [3.05, 3.63) is 34.9 Å². The number of β-amino-alcohol motifs (C(OH)–C–C–N with tert-alkyl or cyclic N) is 1. The molecule has 1 aromatic rings. The van der Waals surface area contributed by atoms with Crippen LogP contribution in [0.1, 0.15) is 24.8 Å². The predicted octanol–water partition coefficient (Wildman–Crippen LogP) is 1.72. The highest BCUT2D eigenvalue weighted by molar-refractivity contribution is 6.30. The topological polar surface area (TPSA) is 61.7 Å². The van der Waals surface area contributed by atoms with Gasteiger partial charge in [-0.2, -0.15) is 0 Å². The molecule has 1 aromatic carbocycles. The van der Waals surface area contributed by atoms with Gasteiger partial charge in [-0.15, -0.1) is 0 Å². The van der Waals surface area contributed by atoms with E-state index in [-0.39, 0.29) is 18.8 Å². The lowest BCUT2D eigenvalue weighted by Gasteiger charge is -2.41. The van der Waals surface area contributed by atoms with E-state index in [1.54, 1.807) is 0 Å². The summed E-state index contributed by atoms with van der Waals surface area (Å²) in [5, 5.41) is 23.1. The summed E-state index contributed by atoms with van der Waals surface area (Å²) in [4.78, 5) is 0. The van der Waals surface area contributed by atoms with E-state index in [1.165, 1.54) is 0 Å². The Morgan fingerprint density at radius 3 is 2.55 bits per heavy atom. The molecule has 5 heteroatoms. The third kappa shape index (κ3) is 4.43. The number of ether oxygens (including phenoxy) is 1. The third-order valence-corrected chi connectivity index (χ3v) is 4.07. The Bertz CT molecular complexity index is 401. The number of halogens is 1. The molecular formula is C15H22ClNO3. The second-order valence-corrected chi connectivity index (χ2v) is 5.90. The fraction of sp³-hybridized carbons (Fsp3) is 0.600. The highest BCUT2D eigenvalue weighted by Crippen LogP contribution is 2.30. The third-order valence-electron chi connectivity index (χ3n) is 3.82. The smallest absolute Gasteiger partial charge is 0.0898 e. The SMILES string of the molecule is OCC1(NCC(O)COCc2ccc(Cl)cc2)CCC1. The molecule has 4 nitrogen and oxygen atoms in total. The van der Waals surface area contributed by atoms with Gasteiger partial charge in [-0.1, -0.05) is 23.7 Å². The van der Waals surface area contributed by atoms with E-state index in [0.29, 0.717) is 18.2 Å². The van der Waals surface area contributed by atoms with E-state index in [2.05, 4.69) is 5.32 Å². The molecule has 0 bridgehead atoms. The fourth-order valence-electron chi connectivity index (χ4n) is 2.28. The molecule has 0 aromatic heterocycles. The monoisotopic (exact) mass is 299 g/mol. The van der Waals surface area contributed by atoms with Gasteiger partial charge in [-0.25, -0.2) is 0 Å². The molecule has 1 aliphatic carbocycles. The fourth-order valence-corrected chi connectivity index (χ4v) is 2.41. The van der Waals surface area contributed by atoms with Gasteiger partial charge in [0.2, 0.25) is 0 Å². The maximum absolute atomic E-state index is 9.86. The average Bonchev–Trinajstić information content (AvgIpc) is 2.40. The summed E-state index contributed by atoms with van der Waals surface area (Å²) >= 11 is 5.80. The molecule has 0 aliphatic heterocycles. The zero-order valence-corrected chi connectivity index (χ0v) is 12.3. The van der Waals surface area contributed by atoms with Crippen LogP contribution in [0.5, 0.6) is 0 Å². The minimum Gasteiger partial charge on any atom is -0.394 e. The van der Waals surface area contributed by atoms with Gasteiger partial charge in [-0.3, -0.25) is 0 Å². The van der Waals surface area contributed by atoms with Crippen molar-refractivity contribution in [1.29, 1.82) is 0 Å². The van der Waals surface area contributed by atoms with Crippen molar-refractivity contribution >= 4 is 11.6 Å². The first-order chi connectivity index (χ1) is 9.63. The summed E-state index contributed by atoms with van der Waals surface area (Å²) in [6, 6.07) is 7.45. The number of hydrogen-bond donors (Lipinski definition) is 3. The highest BCUT2D eigenvalue weighted by atomic mass is 35.5. The lowest BCUT2D eigenvalue weighted by molar-refractivity contribution is 0.0134. The van der Waals surface area contributed by atoms with E-state index in [1.807, 2.05) is 24.3 Å². The first-order valence-electron chi connectivity index (χ1n) is 7.00. The van der Waals surface area contributed by atoms with Gasteiger partial charge in [0.25, 0.3) is 0 Å². The van der Waals surface area contributed by atoms with Crippen LogP contribution in [-0.2, 0) is 11.3 Å². The van der Waals surface area contributed by atoms with Crippen LogP contribution < -0.4 is 5.32 Å². The molecule has 0 amide bonds. The predicted molar refractivity (Wildman–Crippen MR) is 78.8 cm³/mol. The Kier molecular flexibility index (Phi) is 5.81. The van der Waals surface area contributed by atoms with Gasteiger partial charge in [0.05, 0.1) is 25.9 Å². The summed E-state index contributed by atoms with van der Waals surface area (Å²) in [5.41, 5.74) is 0.859. The standard InChI is InChI=1S/C15H22ClNO3/c16-13-4-2-12(3-5-13)9-20-10-14(19)8-17-15(11-18)6-1-7-15/h2-5,14,17-19H,1,6-11H2. The molecule has 2 rings (SSSR count). The number of aliphatic hydroxyl groups excluding tert-OH is 2. The van der Waals surface area contributed by atoms with Gasteiger partial charge in [0.1, 0.15) is 0 Å². The normalized spacial score (nSPS) is 18.6. The maximum Gasteiger partial charge on any atom is 0.0898 e. The molecule has 0 saturated heterocycles. The van der Waals surface area contributed by atoms with Gasteiger partial charge in [0, 0.05) is 17.1 Å². The number of aliphatic hydroxyl groups is 2. The van der Waals surface area contributed by atoms with Crippen LogP contribution in [0.15, 0.2) is 24.3 Å². The summed E-state index contributed by atoms with van der Waals surface area (Å²) in [6.45, 7) is 1.31. The molecule has 0 radical (unpaired) electrons. The van der Waals surface area contributed by atoms with Crippen LogP contribution in [0.3, 0.4) is 0 Å². The second-order valence-electron chi connectivity index (χ2n) is 5.47. The van der Waals surface area contributed by atoms with Crippen molar-refractivity contribution < 1.29 is 14.9 Å². The van der Waals surface area contributed by atoms with Crippen LogP contribution in [0.4, 0.5) is 0 Å². The Morgan fingerprint density at radius 2 is 2.00 bits per heavy atom. The second kappa shape index (κ2) is 7.38. The lowest BCUT2D eigenvalue weighted by Crippen LogP contribution is -2.56. The van der Waals surface area contributed by atoms with Gasteiger partial charge >= 0.3 is 0 Å². The molecule has 1 aliphatic rings. The number of nitrogens with one attached hydrogen (secondary N) is 1. The van der Waals surface area contributed by atoms with Gasteiger partial charge in [0.15, 0.2) is 0 Å². The first kappa shape index (κ1) is 15.7. The Hall–Kier alpha value is -0.650. The summed E-state index contributed by atoms with van der Waals surface area (Å²) < 4.78 is 5.48. The molecular weight excluding hydrogens is 278 g/mol. The molecule has 112 valence electrons. The van der Waals surface area contributed by atoms with Crippen molar-refractivity contribution in [3.8, 4) is 0 Å². The summed E-state index contributed by atoms with van der Waals surface area (Å²) in [6.07, 6.45) is 2.52. The Morgan fingerprint density at radius 1 is 1.30 bits per heavy atom. The van der Waals surface area contributed by atoms with Crippen molar-refractivity contribution in [2.75, 3.05) is 19.8 Å². The van der Waals surface area contributed by atoms with E-state index in [4.69, 9.17) is 16.3 Å². The number of benzene rings is 1. The zero-order valence-electron chi connectivity index (χ0n) is 11.5. The molecule has 1 unspecified atom stereocenters. The van der Waals surface area contributed by atoms with Crippen LogP contribution in [0.25, 0.3) is 0 Å². The van der Waals surface area contributed by atoms with Crippen molar-refractivity contribution in [2.24, 2.45) is 0 Å². The number of hydrogen-bond acceptors (Lipinski definition) is 4. The van der Waals surface area contributed by atoms with E-state index in [9.17, 15) is 10.2 Å². The minimum absolute atomic E-state index is 0.130. The quantitative estimate of drug-likeness (QED) is 0.684. The molecule has 1 saturated carbocycles. The van der Waals surface area contributed by atoms with Crippen LogP contribution in [0, 0.1) is 0 Å². The van der Waals surface area contributed by atoms with E-state index >= 15 is 0 Å². The Balaban J connectivity index is 1.62. The molecule has 0 spiro atoms. The van der Waals surface area contributed by atoms with Gasteiger partial charge in [-0.05, 0) is 37.0 Å². The average molecular weight is 300 g/mol.